The highest BCUT2D eigenvalue weighted by Crippen LogP contribution is 2.26. The maximum absolute atomic E-state index is 12.9. The first kappa shape index (κ1) is 21.9. The van der Waals surface area contributed by atoms with Crippen molar-refractivity contribution in [3.05, 3.63) is 70.2 Å². The number of halogens is 1. The zero-order valence-electron chi connectivity index (χ0n) is 16.4. The number of rotatable bonds is 6. The molecule has 1 aliphatic heterocycles. The summed E-state index contributed by atoms with van der Waals surface area (Å²) >= 11 is 7.60. The lowest BCUT2D eigenvalue weighted by atomic mass is 10.2. The summed E-state index contributed by atoms with van der Waals surface area (Å²) in [5, 5.41) is 2.76. The molecule has 2 aromatic carbocycles. The van der Waals surface area contributed by atoms with Crippen LogP contribution in [0.5, 0.6) is 0 Å². The van der Waals surface area contributed by atoms with Gasteiger partial charge in [-0.1, -0.05) is 41.9 Å². The predicted molar refractivity (Wildman–Crippen MR) is 118 cm³/mol. The number of carbonyl (C=O) groups excluding carboxylic acids is 1. The van der Waals surface area contributed by atoms with E-state index in [0.29, 0.717) is 18.9 Å². The Bertz CT molecular complexity index is 1180. The van der Waals surface area contributed by atoms with Gasteiger partial charge in [0.2, 0.25) is 10.0 Å². The van der Waals surface area contributed by atoms with Crippen LogP contribution in [0.25, 0.3) is 10.6 Å². The zero-order valence-corrected chi connectivity index (χ0v) is 18.8. The zero-order chi connectivity index (χ0) is 21.8. The Kier molecular flexibility index (Phi) is 6.68. The summed E-state index contributed by atoms with van der Waals surface area (Å²) in [7, 11) is -3.75. The van der Waals surface area contributed by atoms with E-state index < -0.39 is 16.0 Å². The number of esters is 1. The molecule has 0 spiro atoms. The van der Waals surface area contributed by atoms with Crippen LogP contribution in [0.1, 0.15) is 16.1 Å². The molecular weight excluding hydrogens is 460 g/mol. The monoisotopic (exact) mass is 478 g/mol. The quantitative estimate of drug-likeness (QED) is 0.500. The van der Waals surface area contributed by atoms with E-state index in [0.717, 1.165) is 10.6 Å². The molecule has 31 heavy (non-hydrogen) atoms. The molecule has 162 valence electrons. The van der Waals surface area contributed by atoms with Gasteiger partial charge in [-0.2, -0.15) is 4.31 Å². The van der Waals surface area contributed by atoms with Crippen LogP contribution in [0.4, 0.5) is 0 Å². The first-order valence-corrected chi connectivity index (χ1v) is 12.2. The second kappa shape index (κ2) is 9.46. The Labute approximate surface area is 189 Å². The average Bonchev–Trinajstić information content (AvgIpc) is 3.28. The van der Waals surface area contributed by atoms with Crippen LogP contribution >= 0.6 is 22.9 Å². The summed E-state index contributed by atoms with van der Waals surface area (Å²) in [6.45, 7) is 1.15. The lowest BCUT2D eigenvalue weighted by Gasteiger charge is -2.26. The van der Waals surface area contributed by atoms with Gasteiger partial charge in [0.1, 0.15) is 11.6 Å². The van der Waals surface area contributed by atoms with E-state index in [-0.39, 0.29) is 35.2 Å². The maximum Gasteiger partial charge on any atom is 0.340 e. The first-order valence-electron chi connectivity index (χ1n) is 9.49. The molecule has 3 aromatic rings. The lowest BCUT2D eigenvalue weighted by molar-refractivity contribution is 0.0468. The van der Waals surface area contributed by atoms with Crippen molar-refractivity contribution in [1.29, 1.82) is 0 Å². The highest BCUT2D eigenvalue weighted by molar-refractivity contribution is 7.89. The minimum Gasteiger partial charge on any atom is -0.456 e. The fraction of sp³-hybridized carbons (Fsp3) is 0.238. The minimum atomic E-state index is -3.75. The highest BCUT2D eigenvalue weighted by atomic mass is 35.5. The van der Waals surface area contributed by atoms with E-state index in [1.165, 1.54) is 33.8 Å². The van der Waals surface area contributed by atoms with E-state index in [2.05, 4.69) is 4.98 Å². The third-order valence-corrected chi connectivity index (χ3v) is 7.85. The summed E-state index contributed by atoms with van der Waals surface area (Å²) < 4.78 is 37.6. The van der Waals surface area contributed by atoms with Gasteiger partial charge in [0.05, 0.1) is 34.4 Å². The Morgan fingerprint density at radius 3 is 2.65 bits per heavy atom. The van der Waals surface area contributed by atoms with Crippen LogP contribution in [0.2, 0.25) is 5.02 Å². The number of aromatic nitrogens is 1. The molecule has 1 fully saturated rings. The van der Waals surface area contributed by atoms with Gasteiger partial charge in [-0.05, 0) is 18.2 Å². The fourth-order valence-corrected chi connectivity index (χ4v) is 5.50. The van der Waals surface area contributed by atoms with E-state index >= 15 is 0 Å². The molecule has 10 heteroatoms. The van der Waals surface area contributed by atoms with E-state index in [1.54, 1.807) is 0 Å². The molecule has 0 aliphatic carbocycles. The Balaban J connectivity index is 1.47. The molecule has 0 atom stereocenters. The summed E-state index contributed by atoms with van der Waals surface area (Å²) in [5.74, 6) is -0.710. The van der Waals surface area contributed by atoms with Crippen molar-refractivity contribution in [3.63, 3.8) is 0 Å². The van der Waals surface area contributed by atoms with Crippen LogP contribution in [-0.4, -0.2) is 50.0 Å². The Morgan fingerprint density at radius 2 is 1.90 bits per heavy atom. The number of ether oxygens (including phenoxy) is 2. The van der Waals surface area contributed by atoms with Gasteiger partial charge < -0.3 is 9.47 Å². The van der Waals surface area contributed by atoms with Crippen molar-refractivity contribution in [2.24, 2.45) is 0 Å². The number of thiazole rings is 1. The summed E-state index contributed by atoms with van der Waals surface area (Å²) in [6.07, 6.45) is 0. The van der Waals surface area contributed by atoms with Gasteiger partial charge in [0.15, 0.2) is 0 Å². The second-order valence-corrected chi connectivity index (χ2v) is 9.95. The van der Waals surface area contributed by atoms with Crippen LogP contribution in [0, 0.1) is 0 Å². The van der Waals surface area contributed by atoms with Crippen LogP contribution < -0.4 is 0 Å². The van der Waals surface area contributed by atoms with Crippen molar-refractivity contribution >= 4 is 38.9 Å². The second-order valence-electron chi connectivity index (χ2n) is 6.74. The summed E-state index contributed by atoms with van der Waals surface area (Å²) in [4.78, 5) is 17.1. The summed E-state index contributed by atoms with van der Waals surface area (Å²) in [5.41, 5.74) is 1.58. The standard InChI is InChI=1S/C21H19ClN2O5S2/c22-19-7-6-17(31(26,27)24-8-10-28-11-9-24)12-18(19)21(25)29-13-16-14-30-20(23-16)15-4-2-1-3-5-15/h1-7,12,14H,8-11,13H2. The van der Waals surface area contributed by atoms with Crippen LogP contribution in [-0.2, 0) is 26.1 Å². The fourth-order valence-electron chi connectivity index (χ4n) is 3.06. The van der Waals surface area contributed by atoms with Gasteiger partial charge >= 0.3 is 5.97 Å². The highest BCUT2D eigenvalue weighted by Gasteiger charge is 2.28. The minimum absolute atomic E-state index is 0.00508. The van der Waals surface area contributed by atoms with Crippen molar-refractivity contribution in [2.75, 3.05) is 26.3 Å². The average molecular weight is 479 g/mol. The number of benzene rings is 2. The van der Waals surface area contributed by atoms with Gasteiger partial charge in [-0.25, -0.2) is 18.2 Å². The molecule has 2 heterocycles. The third kappa shape index (κ3) is 4.97. The Morgan fingerprint density at radius 1 is 1.16 bits per heavy atom. The number of carbonyl (C=O) groups is 1. The molecular formula is C21H19ClN2O5S2. The van der Waals surface area contributed by atoms with Crippen molar-refractivity contribution in [1.82, 2.24) is 9.29 Å². The van der Waals surface area contributed by atoms with Crippen molar-refractivity contribution in [2.45, 2.75) is 11.5 Å². The molecule has 0 amide bonds. The molecule has 7 nitrogen and oxygen atoms in total. The molecule has 1 aliphatic rings. The van der Waals surface area contributed by atoms with E-state index in [4.69, 9.17) is 21.1 Å². The van der Waals surface area contributed by atoms with Gasteiger partial charge in [-0.3, -0.25) is 0 Å². The number of nitrogens with zero attached hydrogens (tertiary/aromatic N) is 2. The largest absolute Gasteiger partial charge is 0.456 e. The molecule has 0 unspecified atom stereocenters. The number of hydrogen-bond acceptors (Lipinski definition) is 7. The third-order valence-electron chi connectivity index (χ3n) is 4.69. The Hall–Kier alpha value is -2.30. The molecule has 1 saturated heterocycles. The number of sulfonamides is 1. The SMILES string of the molecule is O=C(OCc1csc(-c2ccccc2)n1)c1cc(S(=O)(=O)N2CCOCC2)ccc1Cl. The molecule has 0 bridgehead atoms. The molecule has 4 rings (SSSR count). The van der Waals surface area contributed by atoms with E-state index in [1.807, 2.05) is 35.7 Å². The first-order chi connectivity index (χ1) is 14.9. The number of morpholine rings is 1. The molecule has 0 radical (unpaired) electrons. The van der Waals surface area contributed by atoms with Crippen LogP contribution in [0.3, 0.4) is 0 Å². The van der Waals surface area contributed by atoms with E-state index in [9.17, 15) is 13.2 Å². The van der Waals surface area contributed by atoms with Crippen molar-refractivity contribution < 1.29 is 22.7 Å². The van der Waals surface area contributed by atoms with Gasteiger partial charge in [0, 0.05) is 24.0 Å². The predicted octanol–water partition coefficient (Wildman–Crippen LogP) is 3.84. The molecule has 0 N–H and O–H groups in total. The summed E-state index contributed by atoms with van der Waals surface area (Å²) in [6, 6.07) is 13.7. The number of hydrogen-bond donors (Lipinski definition) is 0. The molecule has 0 saturated carbocycles. The van der Waals surface area contributed by atoms with Crippen molar-refractivity contribution in [3.8, 4) is 10.6 Å². The van der Waals surface area contributed by atoms with Gasteiger partial charge in [0.25, 0.3) is 0 Å². The topological polar surface area (TPSA) is 85.8 Å². The normalized spacial score (nSPS) is 15.0. The molecule has 1 aromatic heterocycles. The maximum atomic E-state index is 12.9. The van der Waals surface area contributed by atoms with Crippen LogP contribution in [0.15, 0.2) is 58.8 Å². The lowest BCUT2D eigenvalue weighted by Crippen LogP contribution is -2.40. The smallest absolute Gasteiger partial charge is 0.340 e. The van der Waals surface area contributed by atoms with Gasteiger partial charge in [-0.15, -0.1) is 11.3 Å².